The van der Waals surface area contributed by atoms with Crippen LogP contribution in [0.1, 0.15) is 26.7 Å². The number of carbonyl (C=O) groups is 1. The molecular formula is C22H26N6O4S. The first-order valence-corrected chi connectivity index (χ1v) is 12.4. The van der Waals surface area contributed by atoms with Gasteiger partial charge in [-0.05, 0) is 44.9 Å². The molecule has 1 saturated heterocycles. The van der Waals surface area contributed by atoms with E-state index in [-0.39, 0.29) is 30.0 Å². The van der Waals surface area contributed by atoms with Crippen LogP contribution in [-0.4, -0.2) is 58.9 Å². The fraction of sp³-hybridized carbons (Fsp3) is 0.409. The molecule has 3 heterocycles. The minimum atomic E-state index is -3.70. The largest absolute Gasteiger partial charge is 0.373 e. The molecule has 174 valence electrons. The highest BCUT2D eigenvalue weighted by molar-refractivity contribution is 7.90. The predicted octanol–water partition coefficient (Wildman–Crippen LogP) is 2.74. The lowest BCUT2D eigenvalue weighted by atomic mass is 10.1. The Labute approximate surface area is 191 Å². The van der Waals surface area contributed by atoms with E-state index in [9.17, 15) is 13.2 Å². The molecule has 0 bridgehead atoms. The van der Waals surface area contributed by atoms with Gasteiger partial charge in [0.1, 0.15) is 5.65 Å². The normalized spacial score (nSPS) is 21.8. The Morgan fingerprint density at radius 3 is 2.45 bits per heavy atom. The second kappa shape index (κ2) is 8.40. The molecule has 5 rings (SSSR count). The fourth-order valence-electron chi connectivity index (χ4n) is 4.01. The number of benzene rings is 1. The van der Waals surface area contributed by atoms with Crippen molar-refractivity contribution in [2.45, 2.75) is 38.9 Å². The maximum absolute atomic E-state index is 12.8. The van der Waals surface area contributed by atoms with Gasteiger partial charge < -0.3 is 9.72 Å². The summed E-state index contributed by atoms with van der Waals surface area (Å²) < 4.78 is 35.4. The van der Waals surface area contributed by atoms with Gasteiger partial charge in [-0.2, -0.15) is 17.7 Å². The molecule has 2 unspecified atom stereocenters. The molecule has 33 heavy (non-hydrogen) atoms. The highest BCUT2D eigenvalue weighted by atomic mass is 32.2. The smallest absolute Gasteiger partial charge is 0.301 e. The maximum atomic E-state index is 12.8. The lowest BCUT2D eigenvalue weighted by Crippen LogP contribution is -2.49. The van der Waals surface area contributed by atoms with Crippen LogP contribution in [-0.2, 0) is 19.7 Å². The van der Waals surface area contributed by atoms with Crippen molar-refractivity contribution in [3.05, 3.63) is 36.5 Å². The van der Waals surface area contributed by atoms with E-state index in [1.54, 1.807) is 30.5 Å². The summed E-state index contributed by atoms with van der Waals surface area (Å²) in [6.07, 6.45) is 3.22. The molecular weight excluding hydrogens is 444 g/mol. The molecule has 3 N–H and O–H groups in total. The van der Waals surface area contributed by atoms with Crippen LogP contribution < -0.4 is 10.0 Å². The summed E-state index contributed by atoms with van der Waals surface area (Å²) in [6.45, 7) is 4.33. The van der Waals surface area contributed by atoms with E-state index >= 15 is 0 Å². The Bertz CT molecular complexity index is 1280. The summed E-state index contributed by atoms with van der Waals surface area (Å²) in [5, 5.41) is 3.60. The summed E-state index contributed by atoms with van der Waals surface area (Å²) in [6, 6.07) is 8.86. The van der Waals surface area contributed by atoms with Crippen molar-refractivity contribution in [2.75, 3.05) is 23.1 Å². The SMILES string of the molecule is CC1CN(S(=O)(=O)Nc2ccc(-c3nc(NC(=O)C4CC4)nc4[nH]ccc34)cc2)CC(C)O1. The van der Waals surface area contributed by atoms with Gasteiger partial charge in [-0.1, -0.05) is 12.1 Å². The van der Waals surface area contributed by atoms with Crippen LogP contribution in [0, 0.1) is 5.92 Å². The molecule has 2 aliphatic rings. The quantitative estimate of drug-likeness (QED) is 0.508. The van der Waals surface area contributed by atoms with E-state index in [1.165, 1.54) is 4.31 Å². The topological polar surface area (TPSA) is 129 Å². The van der Waals surface area contributed by atoms with Crippen LogP contribution in [0.15, 0.2) is 36.5 Å². The second-order valence-corrected chi connectivity index (χ2v) is 10.3. The molecule has 11 heteroatoms. The second-order valence-electron chi connectivity index (χ2n) is 8.66. The Morgan fingerprint density at radius 1 is 1.09 bits per heavy atom. The summed E-state index contributed by atoms with van der Waals surface area (Å²) in [7, 11) is -3.70. The number of rotatable bonds is 6. The van der Waals surface area contributed by atoms with E-state index in [4.69, 9.17) is 4.74 Å². The van der Waals surface area contributed by atoms with Crippen molar-refractivity contribution in [2.24, 2.45) is 5.92 Å². The molecule has 2 fully saturated rings. The number of hydrogen-bond acceptors (Lipinski definition) is 6. The fourth-order valence-corrected chi connectivity index (χ4v) is 5.39. The third-order valence-corrected chi connectivity index (χ3v) is 7.20. The number of ether oxygens (including phenoxy) is 1. The standard InChI is InChI=1S/C22H26N6O4S/c1-13-11-28(12-14(2)32-13)33(30,31)27-17-7-5-15(6-8-17)19-18-9-10-23-20(18)25-22(24-19)26-21(29)16-3-4-16/h5-10,13-14,16,27H,3-4,11-12H2,1-2H3,(H2,23,24,25,26,29). The van der Waals surface area contributed by atoms with E-state index in [0.717, 1.165) is 23.8 Å². The van der Waals surface area contributed by atoms with Crippen LogP contribution in [0.5, 0.6) is 0 Å². The van der Waals surface area contributed by atoms with E-state index in [1.807, 2.05) is 19.9 Å². The molecule has 3 aromatic rings. The lowest BCUT2D eigenvalue weighted by Gasteiger charge is -2.34. The van der Waals surface area contributed by atoms with Gasteiger partial charge in [-0.3, -0.25) is 14.8 Å². The van der Waals surface area contributed by atoms with Gasteiger partial charge in [0.15, 0.2) is 0 Å². The van der Waals surface area contributed by atoms with Gasteiger partial charge >= 0.3 is 10.2 Å². The van der Waals surface area contributed by atoms with Crippen LogP contribution in [0.25, 0.3) is 22.3 Å². The summed E-state index contributed by atoms with van der Waals surface area (Å²) in [5.41, 5.74) is 2.50. The third kappa shape index (κ3) is 4.70. The first-order chi connectivity index (χ1) is 15.8. The van der Waals surface area contributed by atoms with Crippen molar-refractivity contribution >= 4 is 38.8 Å². The summed E-state index contributed by atoms with van der Waals surface area (Å²) in [5.74, 6) is 0.224. The number of nitrogens with zero attached hydrogens (tertiary/aromatic N) is 3. The van der Waals surface area contributed by atoms with Crippen molar-refractivity contribution in [3.63, 3.8) is 0 Å². The van der Waals surface area contributed by atoms with E-state index in [0.29, 0.717) is 30.1 Å². The van der Waals surface area contributed by atoms with Crippen molar-refractivity contribution in [1.82, 2.24) is 19.3 Å². The third-order valence-electron chi connectivity index (χ3n) is 5.73. The molecule has 2 aromatic heterocycles. The minimum Gasteiger partial charge on any atom is -0.373 e. The zero-order valence-corrected chi connectivity index (χ0v) is 19.2. The molecule has 1 aliphatic heterocycles. The highest BCUT2D eigenvalue weighted by Gasteiger charge is 2.31. The summed E-state index contributed by atoms with van der Waals surface area (Å²) in [4.78, 5) is 24.2. The number of amides is 1. The number of morpholine rings is 1. The van der Waals surface area contributed by atoms with Gasteiger partial charge in [0, 0.05) is 41.8 Å². The molecule has 1 saturated carbocycles. The van der Waals surface area contributed by atoms with Gasteiger partial charge in [0.05, 0.1) is 17.9 Å². The van der Waals surface area contributed by atoms with Crippen LogP contribution in [0.2, 0.25) is 0 Å². The number of aromatic amines is 1. The molecule has 1 aliphatic carbocycles. The predicted molar refractivity (Wildman–Crippen MR) is 125 cm³/mol. The van der Waals surface area contributed by atoms with E-state index < -0.39 is 10.2 Å². The maximum Gasteiger partial charge on any atom is 0.301 e. The molecule has 1 amide bonds. The number of fused-ring (bicyclic) bond motifs is 1. The average Bonchev–Trinajstić information content (AvgIpc) is 3.51. The summed E-state index contributed by atoms with van der Waals surface area (Å²) >= 11 is 0. The Balaban J connectivity index is 1.38. The van der Waals surface area contributed by atoms with Crippen molar-refractivity contribution in [3.8, 4) is 11.3 Å². The first-order valence-electron chi connectivity index (χ1n) is 11.0. The molecule has 1 aromatic carbocycles. The Kier molecular flexibility index (Phi) is 5.55. The van der Waals surface area contributed by atoms with Crippen molar-refractivity contribution < 1.29 is 17.9 Å². The van der Waals surface area contributed by atoms with Gasteiger partial charge in [0.25, 0.3) is 0 Å². The molecule has 0 radical (unpaired) electrons. The lowest BCUT2D eigenvalue weighted by molar-refractivity contribution is -0.117. The number of aromatic nitrogens is 3. The van der Waals surface area contributed by atoms with Gasteiger partial charge in [-0.25, -0.2) is 4.98 Å². The van der Waals surface area contributed by atoms with Crippen LogP contribution in [0.4, 0.5) is 11.6 Å². The average molecular weight is 471 g/mol. The number of nitrogens with one attached hydrogen (secondary N) is 3. The zero-order valence-electron chi connectivity index (χ0n) is 18.4. The zero-order chi connectivity index (χ0) is 23.2. The van der Waals surface area contributed by atoms with Crippen LogP contribution >= 0.6 is 0 Å². The van der Waals surface area contributed by atoms with Crippen molar-refractivity contribution in [1.29, 1.82) is 0 Å². The first kappa shape index (κ1) is 21.8. The Morgan fingerprint density at radius 2 is 1.79 bits per heavy atom. The molecule has 2 atom stereocenters. The van der Waals surface area contributed by atoms with Gasteiger partial charge in [0.2, 0.25) is 11.9 Å². The number of H-pyrrole nitrogens is 1. The number of carbonyl (C=O) groups excluding carboxylic acids is 1. The molecule has 10 nitrogen and oxygen atoms in total. The molecule has 0 spiro atoms. The monoisotopic (exact) mass is 470 g/mol. The van der Waals surface area contributed by atoms with Crippen LogP contribution in [0.3, 0.4) is 0 Å². The van der Waals surface area contributed by atoms with E-state index in [2.05, 4.69) is 25.0 Å². The van der Waals surface area contributed by atoms with Gasteiger partial charge in [-0.15, -0.1) is 0 Å². The highest BCUT2D eigenvalue weighted by Crippen LogP contribution is 2.31. The minimum absolute atomic E-state index is 0.0427. The number of hydrogen-bond donors (Lipinski definition) is 3. The number of anilines is 2. The Hall–Kier alpha value is -3.02.